The Labute approximate surface area is 105 Å². The third-order valence-electron chi connectivity index (χ3n) is 3.58. The van der Waals surface area contributed by atoms with Gasteiger partial charge in [-0.05, 0) is 41.2 Å². The number of rotatable bonds is 4. The first-order valence-corrected chi connectivity index (χ1v) is 6.93. The van der Waals surface area contributed by atoms with Crippen molar-refractivity contribution in [2.45, 2.75) is 25.0 Å². The average molecular weight is 247 g/mol. The van der Waals surface area contributed by atoms with Crippen molar-refractivity contribution >= 4 is 21.4 Å². The average Bonchev–Trinajstić information content (AvgIpc) is 3.06. The van der Waals surface area contributed by atoms with Gasteiger partial charge in [0, 0.05) is 11.8 Å². The lowest BCUT2D eigenvalue weighted by molar-refractivity contribution is 0.0628. The van der Waals surface area contributed by atoms with Crippen LogP contribution in [-0.2, 0) is 4.74 Å². The highest BCUT2D eigenvalue weighted by atomic mass is 32.1. The first-order chi connectivity index (χ1) is 8.31. The molecule has 1 aliphatic rings. The van der Waals surface area contributed by atoms with Crippen molar-refractivity contribution in [3.8, 4) is 0 Å². The highest BCUT2D eigenvalue weighted by molar-refractivity contribution is 7.17. The van der Waals surface area contributed by atoms with Gasteiger partial charge in [0.25, 0.3) is 0 Å². The van der Waals surface area contributed by atoms with Crippen LogP contribution in [0.5, 0.6) is 0 Å². The molecule has 2 aromatic rings. The van der Waals surface area contributed by atoms with Crippen LogP contribution in [0, 0.1) is 5.92 Å². The lowest BCUT2D eigenvalue weighted by Gasteiger charge is -2.23. The van der Waals surface area contributed by atoms with Gasteiger partial charge in [0.1, 0.15) is 0 Å². The summed E-state index contributed by atoms with van der Waals surface area (Å²) < 4.78 is 6.90. The third kappa shape index (κ3) is 1.99. The smallest absolute Gasteiger partial charge is 0.0792 e. The molecule has 1 heterocycles. The maximum Gasteiger partial charge on any atom is 0.0792 e. The van der Waals surface area contributed by atoms with Gasteiger partial charge < -0.3 is 10.5 Å². The van der Waals surface area contributed by atoms with Crippen molar-refractivity contribution in [2.24, 2.45) is 11.7 Å². The van der Waals surface area contributed by atoms with E-state index in [0.717, 1.165) is 0 Å². The predicted molar refractivity (Wildman–Crippen MR) is 72.3 cm³/mol. The Balaban J connectivity index is 1.98. The zero-order valence-corrected chi connectivity index (χ0v) is 10.7. The monoisotopic (exact) mass is 247 g/mol. The number of hydrogen-bond acceptors (Lipinski definition) is 3. The fraction of sp³-hybridized carbons (Fsp3) is 0.429. The lowest BCUT2D eigenvalue weighted by Crippen LogP contribution is -2.29. The van der Waals surface area contributed by atoms with Crippen molar-refractivity contribution in [3.05, 3.63) is 35.2 Å². The van der Waals surface area contributed by atoms with Gasteiger partial charge in [-0.2, -0.15) is 0 Å². The maximum absolute atomic E-state index is 6.40. The second kappa shape index (κ2) is 4.41. The normalized spacial score (nSPS) is 19.4. The van der Waals surface area contributed by atoms with Crippen molar-refractivity contribution in [1.29, 1.82) is 0 Å². The minimum absolute atomic E-state index is 0.00477. The Kier molecular flexibility index (Phi) is 2.90. The van der Waals surface area contributed by atoms with Gasteiger partial charge in [-0.15, -0.1) is 11.3 Å². The quantitative estimate of drug-likeness (QED) is 0.899. The van der Waals surface area contributed by atoms with Crippen molar-refractivity contribution in [2.75, 3.05) is 7.11 Å². The Bertz CT molecular complexity index is 518. The molecule has 1 aromatic carbocycles. The van der Waals surface area contributed by atoms with Crippen LogP contribution in [-0.4, -0.2) is 13.2 Å². The van der Waals surface area contributed by atoms with Gasteiger partial charge in [0.2, 0.25) is 0 Å². The SMILES string of the molecule is COC(C1CC1)C(N)c1cccc2ccsc12. The van der Waals surface area contributed by atoms with Gasteiger partial charge in [-0.1, -0.05) is 18.2 Å². The Morgan fingerprint density at radius 3 is 2.88 bits per heavy atom. The minimum Gasteiger partial charge on any atom is -0.379 e. The van der Waals surface area contributed by atoms with E-state index in [0.29, 0.717) is 5.92 Å². The number of nitrogens with two attached hydrogens (primary N) is 1. The fourth-order valence-electron chi connectivity index (χ4n) is 2.51. The van der Waals surface area contributed by atoms with Crippen LogP contribution < -0.4 is 5.73 Å². The van der Waals surface area contributed by atoms with Gasteiger partial charge in [0.05, 0.1) is 12.1 Å². The Morgan fingerprint density at radius 1 is 1.35 bits per heavy atom. The maximum atomic E-state index is 6.40. The van der Waals surface area contributed by atoms with Crippen LogP contribution in [0.2, 0.25) is 0 Å². The molecule has 2 atom stereocenters. The zero-order chi connectivity index (χ0) is 11.8. The summed E-state index contributed by atoms with van der Waals surface area (Å²) in [5, 5.41) is 3.41. The van der Waals surface area contributed by atoms with Gasteiger partial charge >= 0.3 is 0 Å². The molecule has 3 heteroatoms. The predicted octanol–water partition coefficient (Wildman–Crippen LogP) is 3.33. The van der Waals surface area contributed by atoms with Crippen LogP contribution in [0.15, 0.2) is 29.6 Å². The van der Waals surface area contributed by atoms with E-state index in [9.17, 15) is 0 Å². The molecule has 0 spiro atoms. The Morgan fingerprint density at radius 2 is 2.18 bits per heavy atom. The molecule has 0 bridgehead atoms. The molecule has 1 fully saturated rings. The fourth-order valence-corrected chi connectivity index (χ4v) is 3.48. The van der Waals surface area contributed by atoms with E-state index in [1.165, 1.54) is 28.5 Å². The van der Waals surface area contributed by atoms with Gasteiger partial charge in [-0.25, -0.2) is 0 Å². The highest BCUT2D eigenvalue weighted by Crippen LogP contribution is 2.40. The van der Waals surface area contributed by atoms with E-state index in [4.69, 9.17) is 10.5 Å². The number of methoxy groups -OCH3 is 1. The Hall–Kier alpha value is -0.900. The van der Waals surface area contributed by atoms with Gasteiger partial charge in [-0.3, -0.25) is 0 Å². The van der Waals surface area contributed by atoms with Crippen molar-refractivity contribution in [1.82, 2.24) is 0 Å². The molecular formula is C14H17NOS. The summed E-state index contributed by atoms with van der Waals surface area (Å²) in [6.07, 6.45) is 2.68. The second-order valence-corrected chi connectivity index (χ2v) is 5.67. The summed E-state index contributed by atoms with van der Waals surface area (Å²) in [6, 6.07) is 8.51. The van der Waals surface area contributed by atoms with Crippen LogP contribution in [0.4, 0.5) is 0 Å². The topological polar surface area (TPSA) is 35.2 Å². The minimum atomic E-state index is -0.00477. The third-order valence-corrected chi connectivity index (χ3v) is 4.56. The molecule has 0 saturated heterocycles. The molecule has 2 nitrogen and oxygen atoms in total. The molecule has 17 heavy (non-hydrogen) atoms. The summed E-state index contributed by atoms with van der Waals surface area (Å²) in [4.78, 5) is 0. The van der Waals surface area contributed by atoms with E-state index < -0.39 is 0 Å². The molecular weight excluding hydrogens is 230 g/mol. The molecule has 0 aliphatic heterocycles. The first-order valence-electron chi connectivity index (χ1n) is 6.05. The molecule has 2 N–H and O–H groups in total. The molecule has 2 unspecified atom stereocenters. The molecule has 0 radical (unpaired) electrons. The standard InChI is InChI=1S/C14H17NOS/c1-16-13(9-5-6-9)12(15)11-4-2-3-10-7-8-17-14(10)11/h2-4,7-9,12-13H,5-6,15H2,1H3. The number of hydrogen-bond donors (Lipinski definition) is 1. The molecule has 3 rings (SSSR count). The second-order valence-electron chi connectivity index (χ2n) is 4.75. The number of ether oxygens (including phenoxy) is 1. The summed E-state index contributed by atoms with van der Waals surface area (Å²) >= 11 is 1.77. The number of fused-ring (bicyclic) bond motifs is 1. The summed E-state index contributed by atoms with van der Waals surface area (Å²) in [7, 11) is 1.78. The lowest BCUT2D eigenvalue weighted by atomic mass is 9.98. The highest BCUT2D eigenvalue weighted by Gasteiger charge is 2.36. The van der Waals surface area contributed by atoms with E-state index in [1.54, 1.807) is 18.4 Å². The van der Waals surface area contributed by atoms with E-state index in [-0.39, 0.29) is 12.1 Å². The number of benzene rings is 1. The first kappa shape index (κ1) is 11.2. The van der Waals surface area contributed by atoms with Crippen LogP contribution >= 0.6 is 11.3 Å². The van der Waals surface area contributed by atoms with E-state index in [2.05, 4.69) is 29.6 Å². The molecule has 0 amide bonds. The van der Waals surface area contributed by atoms with E-state index in [1.807, 2.05) is 0 Å². The van der Waals surface area contributed by atoms with Crippen LogP contribution in [0.1, 0.15) is 24.4 Å². The molecule has 1 aliphatic carbocycles. The zero-order valence-electron chi connectivity index (χ0n) is 9.93. The molecule has 1 aromatic heterocycles. The summed E-state index contributed by atoms with van der Waals surface area (Å²) in [5.74, 6) is 0.658. The largest absolute Gasteiger partial charge is 0.379 e. The summed E-state index contributed by atoms with van der Waals surface area (Å²) in [6.45, 7) is 0. The van der Waals surface area contributed by atoms with Gasteiger partial charge in [0.15, 0.2) is 0 Å². The van der Waals surface area contributed by atoms with Crippen molar-refractivity contribution < 1.29 is 4.74 Å². The van der Waals surface area contributed by atoms with Crippen LogP contribution in [0.3, 0.4) is 0 Å². The van der Waals surface area contributed by atoms with Crippen molar-refractivity contribution in [3.63, 3.8) is 0 Å². The molecule has 90 valence electrons. The molecule has 1 saturated carbocycles. The summed E-state index contributed by atoms with van der Waals surface area (Å²) in [5.41, 5.74) is 7.63. The number of thiophene rings is 1. The van der Waals surface area contributed by atoms with Crippen LogP contribution in [0.25, 0.3) is 10.1 Å². The van der Waals surface area contributed by atoms with E-state index >= 15 is 0 Å².